The Morgan fingerprint density at radius 3 is 2.12 bits per heavy atom. The number of aryl methyl sites for hydroxylation is 1. The van der Waals surface area contributed by atoms with E-state index in [1.165, 1.54) is 6.42 Å². The third-order valence-electron chi connectivity index (χ3n) is 9.48. The molecular weight excluding hydrogens is 606 g/mol. The summed E-state index contributed by atoms with van der Waals surface area (Å²) in [5, 5.41) is 3.17. The number of nitrogens with zero attached hydrogens (tertiary/aromatic N) is 4. The number of amides is 1. The van der Waals surface area contributed by atoms with E-state index in [1.807, 2.05) is 54.9 Å². The Morgan fingerprint density at radius 1 is 0.878 bits per heavy atom. The number of carbonyl (C=O) groups is 1. The van der Waals surface area contributed by atoms with Gasteiger partial charge in [0, 0.05) is 24.1 Å². The maximum Gasteiger partial charge on any atom is 0.241 e. The number of nitrogens with one attached hydrogen (secondary N) is 3. The Hall–Kier alpha value is -4.97. The highest BCUT2D eigenvalue weighted by atomic mass is 16.2. The van der Waals surface area contributed by atoms with Gasteiger partial charge in [-0.2, -0.15) is 0 Å². The molecule has 2 unspecified atom stereocenters. The molecule has 49 heavy (non-hydrogen) atoms. The fourth-order valence-corrected chi connectivity index (χ4v) is 6.63. The number of imidazole rings is 2. The molecular formula is C41H47N7O. The number of aromatic amines is 2. The molecule has 0 aliphatic carbocycles. The number of likely N-dealkylation sites (N-methyl/N-ethyl adjacent to an activating group) is 1. The molecule has 1 amide bonds. The number of hydrogen-bond donors (Lipinski definition) is 3. The molecule has 0 bridgehead atoms. The van der Waals surface area contributed by atoms with E-state index >= 15 is 0 Å². The Morgan fingerprint density at radius 2 is 1.51 bits per heavy atom. The summed E-state index contributed by atoms with van der Waals surface area (Å²) in [5.74, 6) is 8.65. The zero-order valence-electron chi connectivity index (χ0n) is 28.9. The van der Waals surface area contributed by atoms with Gasteiger partial charge in [0.05, 0.1) is 29.8 Å². The minimum Gasteiger partial charge on any atom is -0.354 e. The summed E-state index contributed by atoms with van der Waals surface area (Å²) >= 11 is 0. The van der Waals surface area contributed by atoms with Gasteiger partial charge in [0.25, 0.3) is 0 Å². The Bertz CT molecular complexity index is 1840. The molecule has 0 radical (unpaired) electrons. The van der Waals surface area contributed by atoms with Gasteiger partial charge in [-0.15, -0.1) is 0 Å². The lowest BCUT2D eigenvalue weighted by Crippen LogP contribution is -2.40. The van der Waals surface area contributed by atoms with E-state index < -0.39 is 0 Å². The van der Waals surface area contributed by atoms with Crippen LogP contribution in [0, 0.1) is 11.8 Å². The summed E-state index contributed by atoms with van der Waals surface area (Å²) in [6, 6.07) is 26.7. The fourth-order valence-electron chi connectivity index (χ4n) is 6.63. The van der Waals surface area contributed by atoms with Gasteiger partial charge in [0.1, 0.15) is 17.7 Å². The summed E-state index contributed by atoms with van der Waals surface area (Å²) in [6.45, 7) is 7.61. The molecule has 8 nitrogen and oxygen atoms in total. The highest BCUT2D eigenvalue weighted by Crippen LogP contribution is 2.30. The van der Waals surface area contributed by atoms with Crippen molar-refractivity contribution in [1.29, 1.82) is 0 Å². The van der Waals surface area contributed by atoms with E-state index in [-0.39, 0.29) is 11.9 Å². The van der Waals surface area contributed by atoms with Crippen molar-refractivity contribution < 1.29 is 4.79 Å². The predicted octanol–water partition coefficient (Wildman–Crippen LogP) is 7.16. The number of benzene rings is 3. The van der Waals surface area contributed by atoms with Crippen molar-refractivity contribution in [3.05, 3.63) is 120 Å². The van der Waals surface area contributed by atoms with Gasteiger partial charge in [-0.3, -0.25) is 14.6 Å². The Labute approximate surface area is 290 Å². The minimum atomic E-state index is -0.265. The molecule has 1 aliphatic heterocycles. The SMILES string of the molecule is CCN(CC)C(C(=O)NCCCCc1ncc(-c2ccc(C#Cc3ccc(-c4cnc(C5CCCN5C)[nH]4)cc3)cc2)[nH]1)c1ccccc1. The Kier molecular flexibility index (Phi) is 11.4. The van der Waals surface area contributed by atoms with E-state index in [0.29, 0.717) is 12.6 Å². The van der Waals surface area contributed by atoms with E-state index in [1.54, 1.807) is 0 Å². The average Bonchev–Trinajstić information content (AvgIpc) is 3.92. The third kappa shape index (κ3) is 8.55. The van der Waals surface area contributed by atoms with E-state index in [9.17, 15) is 4.79 Å². The molecule has 1 fully saturated rings. The second-order valence-corrected chi connectivity index (χ2v) is 12.8. The highest BCUT2D eigenvalue weighted by Gasteiger charge is 2.26. The first-order valence-corrected chi connectivity index (χ1v) is 17.6. The largest absolute Gasteiger partial charge is 0.354 e. The average molecular weight is 654 g/mol. The number of H-pyrrole nitrogens is 2. The zero-order valence-corrected chi connectivity index (χ0v) is 28.9. The van der Waals surface area contributed by atoms with E-state index in [2.05, 4.69) is 104 Å². The molecule has 5 aromatic rings. The fraction of sp³-hybridized carbons (Fsp3) is 0.341. The monoisotopic (exact) mass is 653 g/mol. The maximum atomic E-state index is 13.2. The second-order valence-electron chi connectivity index (χ2n) is 12.8. The number of unbranched alkanes of at least 4 members (excludes halogenated alkanes) is 1. The molecule has 3 N–H and O–H groups in total. The normalized spacial score (nSPS) is 15.2. The van der Waals surface area contributed by atoms with Crippen molar-refractivity contribution in [3.8, 4) is 34.4 Å². The van der Waals surface area contributed by atoms with Crippen LogP contribution < -0.4 is 5.32 Å². The van der Waals surface area contributed by atoms with Crippen LogP contribution >= 0.6 is 0 Å². The summed E-state index contributed by atoms with van der Waals surface area (Å²) in [4.78, 5) is 34.0. The molecule has 252 valence electrons. The summed E-state index contributed by atoms with van der Waals surface area (Å²) in [6.07, 6.45) is 8.85. The molecule has 1 aliphatic rings. The van der Waals surface area contributed by atoms with Gasteiger partial charge in [-0.05, 0) is 93.3 Å². The number of hydrogen-bond acceptors (Lipinski definition) is 5. The summed E-state index contributed by atoms with van der Waals surface area (Å²) < 4.78 is 0. The zero-order chi connectivity index (χ0) is 34.0. The maximum absolute atomic E-state index is 13.2. The molecule has 3 heterocycles. The van der Waals surface area contributed by atoms with Crippen molar-refractivity contribution in [3.63, 3.8) is 0 Å². The van der Waals surface area contributed by atoms with Crippen LogP contribution in [0.25, 0.3) is 22.5 Å². The number of likely N-dealkylation sites (tertiary alicyclic amines) is 1. The van der Waals surface area contributed by atoms with Crippen molar-refractivity contribution >= 4 is 5.91 Å². The van der Waals surface area contributed by atoms with E-state index in [4.69, 9.17) is 0 Å². The standard InChI is InChI=1S/C41H47N7O/c1-4-48(5-2)39(34-12-7-6-8-13-34)41(49)42-26-10-9-15-38-43-28-35(45-38)32-22-18-30(19-23-32)16-17-31-20-24-33(25-21-31)36-29-44-40(46-36)37-14-11-27-47(37)3/h6-8,12-13,18-25,28-29,37,39H,4-5,9-11,14-15,26-27H2,1-3H3,(H,42,49)(H,43,45)(H,44,46). The van der Waals surface area contributed by atoms with Gasteiger partial charge in [0.15, 0.2) is 0 Å². The van der Waals surface area contributed by atoms with Gasteiger partial charge >= 0.3 is 0 Å². The first-order valence-electron chi connectivity index (χ1n) is 17.6. The highest BCUT2D eigenvalue weighted by molar-refractivity contribution is 5.83. The molecule has 2 atom stereocenters. The van der Waals surface area contributed by atoms with Gasteiger partial charge < -0.3 is 15.3 Å². The van der Waals surface area contributed by atoms with Crippen LogP contribution in [0.15, 0.2) is 91.3 Å². The smallest absolute Gasteiger partial charge is 0.241 e. The number of carbonyl (C=O) groups excluding carboxylic acids is 1. The van der Waals surface area contributed by atoms with Crippen molar-refractivity contribution in [1.82, 2.24) is 35.1 Å². The van der Waals surface area contributed by atoms with Crippen LogP contribution in [0.2, 0.25) is 0 Å². The lowest BCUT2D eigenvalue weighted by molar-refractivity contribution is -0.126. The topological polar surface area (TPSA) is 92.9 Å². The molecule has 0 spiro atoms. The van der Waals surface area contributed by atoms with Crippen LogP contribution in [0.5, 0.6) is 0 Å². The summed E-state index contributed by atoms with van der Waals surface area (Å²) in [7, 11) is 2.17. The number of aromatic nitrogens is 4. The van der Waals surface area contributed by atoms with Gasteiger partial charge in [-0.25, -0.2) is 9.97 Å². The summed E-state index contributed by atoms with van der Waals surface area (Å²) in [5.41, 5.74) is 7.19. The van der Waals surface area contributed by atoms with Crippen LogP contribution in [-0.2, 0) is 11.2 Å². The van der Waals surface area contributed by atoms with Crippen LogP contribution in [0.3, 0.4) is 0 Å². The van der Waals surface area contributed by atoms with Gasteiger partial charge in [-0.1, -0.05) is 80.3 Å². The molecule has 1 saturated heterocycles. The molecule has 0 saturated carbocycles. The van der Waals surface area contributed by atoms with Crippen molar-refractivity contribution in [2.24, 2.45) is 0 Å². The Balaban J connectivity index is 0.966. The number of rotatable bonds is 13. The van der Waals surface area contributed by atoms with Gasteiger partial charge in [0.2, 0.25) is 5.91 Å². The quantitative estimate of drug-likeness (QED) is 0.0927. The molecule has 6 rings (SSSR count). The molecule has 3 aromatic carbocycles. The predicted molar refractivity (Wildman–Crippen MR) is 197 cm³/mol. The van der Waals surface area contributed by atoms with E-state index in [0.717, 1.165) is 96.2 Å². The first-order chi connectivity index (χ1) is 24.0. The van der Waals surface area contributed by atoms with Crippen LogP contribution in [0.1, 0.15) is 80.0 Å². The molecule has 2 aromatic heterocycles. The van der Waals surface area contributed by atoms with Crippen LogP contribution in [-0.4, -0.2) is 68.9 Å². The third-order valence-corrected chi connectivity index (χ3v) is 9.48. The van der Waals surface area contributed by atoms with Crippen molar-refractivity contribution in [2.45, 2.75) is 58.0 Å². The lowest BCUT2D eigenvalue weighted by Gasteiger charge is -2.29. The first kappa shape index (κ1) is 33.9. The van der Waals surface area contributed by atoms with Crippen LogP contribution in [0.4, 0.5) is 0 Å². The van der Waals surface area contributed by atoms with Crippen molar-refractivity contribution in [2.75, 3.05) is 33.2 Å². The minimum absolute atomic E-state index is 0.0626. The second kappa shape index (κ2) is 16.4. The lowest BCUT2D eigenvalue weighted by atomic mass is 10.0. The molecule has 8 heteroatoms.